The van der Waals surface area contributed by atoms with Crippen LogP contribution >= 0.6 is 0 Å². The van der Waals surface area contributed by atoms with Crippen LogP contribution in [-0.2, 0) is 22.6 Å². The molecular weight excluding hydrogens is 436 g/mol. The summed E-state index contributed by atoms with van der Waals surface area (Å²) in [5.41, 5.74) is 2.71. The lowest BCUT2D eigenvalue weighted by molar-refractivity contribution is -0.384. The Morgan fingerprint density at radius 3 is 2.29 bits per heavy atom. The molecule has 1 amide bonds. The number of ether oxygens (including phenoxy) is 3. The van der Waals surface area contributed by atoms with Gasteiger partial charge in [0, 0.05) is 25.1 Å². The highest BCUT2D eigenvalue weighted by atomic mass is 16.6. The van der Waals surface area contributed by atoms with E-state index in [1.54, 1.807) is 26.4 Å². The highest BCUT2D eigenvalue weighted by molar-refractivity contribution is 5.76. The summed E-state index contributed by atoms with van der Waals surface area (Å²) in [6.07, 6.45) is 0.381. The predicted molar refractivity (Wildman–Crippen MR) is 128 cm³/mol. The number of nitrogens with zero attached hydrogens (tertiary/aromatic N) is 1. The van der Waals surface area contributed by atoms with Crippen molar-refractivity contribution in [1.82, 2.24) is 5.32 Å². The van der Waals surface area contributed by atoms with Gasteiger partial charge in [0.25, 0.3) is 5.69 Å². The second-order valence-electron chi connectivity index (χ2n) is 7.63. The summed E-state index contributed by atoms with van der Waals surface area (Å²) in [5, 5.41) is 13.9. The lowest BCUT2D eigenvalue weighted by Crippen LogP contribution is -2.29. The van der Waals surface area contributed by atoms with Gasteiger partial charge in [0.05, 0.1) is 25.7 Å². The van der Waals surface area contributed by atoms with Crippen molar-refractivity contribution in [2.75, 3.05) is 20.8 Å². The van der Waals surface area contributed by atoms with E-state index in [1.807, 2.05) is 48.5 Å². The molecule has 3 aromatic rings. The number of methoxy groups -OCH3 is 2. The Bertz CT molecular complexity index is 1090. The molecule has 0 heterocycles. The highest BCUT2D eigenvalue weighted by Crippen LogP contribution is 2.28. The molecule has 0 aliphatic heterocycles. The van der Waals surface area contributed by atoms with Crippen LogP contribution in [0.2, 0.25) is 0 Å². The number of benzene rings is 3. The third-order valence-corrected chi connectivity index (χ3v) is 5.34. The number of nitrogens with one attached hydrogen (secondary N) is 1. The van der Waals surface area contributed by atoms with E-state index < -0.39 is 11.0 Å². The minimum absolute atomic E-state index is 0.00418. The number of carbonyl (C=O) groups is 1. The fourth-order valence-corrected chi connectivity index (χ4v) is 3.44. The average Bonchev–Trinajstić information content (AvgIpc) is 2.88. The first kappa shape index (κ1) is 24.7. The van der Waals surface area contributed by atoms with Gasteiger partial charge in [0.15, 0.2) is 11.5 Å². The Hall–Kier alpha value is -3.91. The molecule has 1 atom stereocenters. The van der Waals surface area contributed by atoms with Crippen LogP contribution in [0.4, 0.5) is 5.69 Å². The van der Waals surface area contributed by atoms with Crippen molar-refractivity contribution < 1.29 is 23.9 Å². The van der Waals surface area contributed by atoms with Gasteiger partial charge in [-0.1, -0.05) is 36.4 Å². The van der Waals surface area contributed by atoms with Crippen molar-refractivity contribution >= 4 is 11.6 Å². The first-order chi connectivity index (χ1) is 16.5. The van der Waals surface area contributed by atoms with Crippen molar-refractivity contribution in [3.63, 3.8) is 0 Å². The van der Waals surface area contributed by atoms with Crippen LogP contribution in [0, 0.1) is 10.1 Å². The Morgan fingerprint density at radius 1 is 0.941 bits per heavy atom. The highest BCUT2D eigenvalue weighted by Gasteiger charge is 2.16. The SMILES string of the molecule is COc1ccc(CCC(=O)NCC(OCc2ccccc2)c2ccc([N+](=O)[O-])cc2)cc1OC. The third kappa shape index (κ3) is 7.05. The largest absolute Gasteiger partial charge is 0.493 e. The Balaban J connectivity index is 1.61. The standard InChI is InChI=1S/C26H28N2O6/c1-32-23-14-8-19(16-24(23)33-2)9-15-26(29)27-17-25(34-18-20-6-4-3-5-7-20)21-10-12-22(13-11-21)28(30)31/h3-8,10-14,16,25H,9,15,17-18H2,1-2H3,(H,27,29). The molecule has 0 spiro atoms. The number of rotatable bonds is 12. The quantitative estimate of drug-likeness (QED) is 0.310. The van der Waals surface area contributed by atoms with E-state index in [0.717, 1.165) is 16.7 Å². The maximum absolute atomic E-state index is 12.5. The molecule has 0 bridgehead atoms. The van der Waals surface area contributed by atoms with Gasteiger partial charge in [-0.25, -0.2) is 0 Å². The van der Waals surface area contributed by atoms with E-state index in [2.05, 4.69) is 5.32 Å². The molecular formula is C26H28N2O6. The van der Waals surface area contributed by atoms with Crippen molar-refractivity contribution in [3.05, 3.63) is 99.6 Å². The topological polar surface area (TPSA) is 99.9 Å². The number of nitro groups is 1. The van der Waals surface area contributed by atoms with E-state index in [0.29, 0.717) is 30.9 Å². The van der Waals surface area contributed by atoms with Gasteiger partial charge in [0.1, 0.15) is 6.10 Å². The fourth-order valence-electron chi connectivity index (χ4n) is 3.44. The molecule has 0 aliphatic rings. The summed E-state index contributed by atoms with van der Waals surface area (Å²) in [7, 11) is 3.15. The molecule has 0 aliphatic carbocycles. The van der Waals surface area contributed by atoms with Gasteiger partial charge >= 0.3 is 0 Å². The van der Waals surface area contributed by atoms with Gasteiger partial charge < -0.3 is 19.5 Å². The second-order valence-corrected chi connectivity index (χ2v) is 7.63. The lowest BCUT2D eigenvalue weighted by atomic mass is 10.1. The van der Waals surface area contributed by atoms with Gasteiger partial charge in [-0.3, -0.25) is 14.9 Å². The Morgan fingerprint density at radius 2 is 1.65 bits per heavy atom. The molecule has 1 N–H and O–H groups in total. The van der Waals surface area contributed by atoms with E-state index in [9.17, 15) is 14.9 Å². The molecule has 34 heavy (non-hydrogen) atoms. The minimum atomic E-state index is -0.453. The molecule has 0 radical (unpaired) electrons. The fraction of sp³-hybridized carbons (Fsp3) is 0.269. The van der Waals surface area contributed by atoms with Crippen molar-refractivity contribution in [3.8, 4) is 11.5 Å². The minimum Gasteiger partial charge on any atom is -0.493 e. The summed E-state index contributed by atoms with van der Waals surface area (Å²) >= 11 is 0. The molecule has 3 aromatic carbocycles. The van der Waals surface area contributed by atoms with Gasteiger partial charge in [-0.2, -0.15) is 0 Å². The van der Waals surface area contributed by atoms with E-state index in [1.165, 1.54) is 12.1 Å². The van der Waals surface area contributed by atoms with Crippen LogP contribution in [0.25, 0.3) is 0 Å². The first-order valence-corrected chi connectivity index (χ1v) is 10.9. The molecule has 3 rings (SSSR count). The molecule has 0 aromatic heterocycles. The summed E-state index contributed by atoms with van der Waals surface area (Å²) in [5.74, 6) is 1.13. The third-order valence-electron chi connectivity index (χ3n) is 5.34. The maximum atomic E-state index is 12.5. The molecule has 8 heteroatoms. The van der Waals surface area contributed by atoms with Crippen LogP contribution in [0.5, 0.6) is 11.5 Å². The number of hydrogen-bond acceptors (Lipinski definition) is 6. The van der Waals surface area contributed by atoms with Gasteiger partial charge in [0.2, 0.25) is 5.91 Å². The average molecular weight is 465 g/mol. The number of aryl methyl sites for hydroxylation is 1. The predicted octanol–water partition coefficient (Wildman–Crippen LogP) is 4.62. The zero-order valence-electron chi connectivity index (χ0n) is 19.2. The van der Waals surface area contributed by atoms with Crippen molar-refractivity contribution in [1.29, 1.82) is 0 Å². The molecule has 0 saturated heterocycles. The number of non-ortho nitro benzene ring substituents is 1. The van der Waals surface area contributed by atoms with Crippen LogP contribution in [0.1, 0.15) is 29.2 Å². The Labute approximate surface area is 198 Å². The summed E-state index contributed by atoms with van der Waals surface area (Å²) < 4.78 is 16.6. The molecule has 8 nitrogen and oxygen atoms in total. The number of hydrogen-bond donors (Lipinski definition) is 1. The zero-order valence-corrected chi connectivity index (χ0v) is 19.2. The van der Waals surface area contributed by atoms with Gasteiger partial charge in [-0.15, -0.1) is 0 Å². The first-order valence-electron chi connectivity index (χ1n) is 10.9. The molecule has 178 valence electrons. The number of nitro benzene ring substituents is 1. The van der Waals surface area contributed by atoms with Crippen molar-refractivity contribution in [2.45, 2.75) is 25.6 Å². The van der Waals surface area contributed by atoms with Crippen LogP contribution in [-0.4, -0.2) is 31.6 Å². The van der Waals surface area contributed by atoms with Crippen LogP contribution in [0.15, 0.2) is 72.8 Å². The van der Waals surface area contributed by atoms with E-state index in [4.69, 9.17) is 14.2 Å². The normalized spacial score (nSPS) is 11.5. The molecule has 0 saturated carbocycles. The smallest absolute Gasteiger partial charge is 0.269 e. The van der Waals surface area contributed by atoms with E-state index in [-0.39, 0.29) is 18.1 Å². The van der Waals surface area contributed by atoms with Gasteiger partial charge in [-0.05, 0) is 47.4 Å². The number of carbonyl (C=O) groups excluding carboxylic acids is 1. The second kappa shape index (κ2) is 12.4. The summed E-state index contributed by atoms with van der Waals surface area (Å²) in [4.78, 5) is 23.1. The van der Waals surface area contributed by atoms with Crippen LogP contribution in [0.3, 0.4) is 0 Å². The summed E-state index contributed by atoms with van der Waals surface area (Å²) in [6, 6.07) is 21.4. The Kier molecular flexibility index (Phi) is 8.99. The lowest BCUT2D eigenvalue weighted by Gasteiger charge is -2.19. The monoisotopic (exact) mass is 464 g/mol. The maximum Gasteiger partial charge on any atom is 0.269 e. The molecule has 0 fully saturated rings. The summed E-state index contributed by atoms with van der Waals surface area (Å²) in [6.45, 7) is 0.597. The van der Waals surface area contributed by atoms with E-state index >= 15 is 0 Å². The molecule has 1 unspecified atom stereocenters. The number of amides is 1. The van der Waals surface area contributed by atoms with Crippen LogP contribution < -0.4 is 14.8 Å². The van der Waals surface area contributed by atoms with Crippen molar-refractivity contribution in [2.24, 2.45) is 0 Å². The zero-order chi connectivity index (χ0) is 24.3.